The normalized spacial score (nSPS) is 18.2. The zero-order chi connectivity index (χ0) is 13.4. The van der Waals surface area contributed by atoms with Crippen LogP contribution in [-0.4, -0.2) is 16.0 Å². The van der Waals surface area contributed by atoms with Crippen molar-refractivity contribution < 1.29 is 0 Å². The number of aromatic nitrogens is 2. The molecule has 0 radical (unpaired) electrons. The molecule has 0 amide bonds. The van der Waals surface area contributed by atoms with Crippen LogP contribution in [0.2, 0.25) is 0 Å². The fraction of sp³-hybridized carbons (Fsp3) is 0.286. The van der Waals surface area contributed by atoms with Gasteiger partial charge in [0.05, 0.1) is 6.33 Å². The number of hydrogen-bond acceptors (Lipinski definition) is 3. The first-order valence-electron chi connectivity index (χ1n) is 6.29. The van der Waals surface area contributed by atoms with E-state index in [9.17, 15) is 4.79 Å². The van der Waals surface area contributed by atoms with Gasteiger partial charge in [0, 0.05) is 11.7 Å². The molecule has 1 aromatic heterocycles. The Kier molecular flexibility index (Phi) is 3.14. The molecule has 0 spiro atoms. The van der Waals surface area contributed by atoms with E-state index in [4.69, 9.17) is 0 Å². The van der Waals surface area contributed by atoms with Crippen LogP contribution in [0, 0.1) is 0 Å². The number of nitrogens with zero attached hydrogens (tertiary/aromatic N) is 2. The van der Waals surface area contributed by atoms with Crippen molar-refractivity contribution in [2.75, 3.05) is 4.90 Å². The van der Waals surface area contributed by atoms with Gasteiger partial charge in [-0.2, -0.15) is 0 Å². The fourth-order valence-electron chi connectivity index (χ4n) is 2.55. The Labute approximate surface area is 119 Å². The average molecular weight is 320 g/mol. The van der Waals surface area contributed by atoms with Gasteiger partial charge < -0.3 is 9.88 Å². The summed E-state index contributed by atoms with van der Waals surface area (Å²) in [7, 11) is 0. The van der Waals surface area contributed by atoms with E-state index in [0.717, 1.165) is 18.5 Å². The number of aryl methyl sites for hydroxylation is 1. The van der Waals surface area contributed by atoms with E-state index in [1.807, 2.05) is 12.1 Å². The van der Waals surface area contributed by atoms with Crippen LogP contribution in [0.15, 0.2) is 39.9 Å². The SMILES string of the molecule is CC1CCc2ccccc2N1c1nc[nH]c(=O)c1Br. The molecule has 1 N–H and O–H groups in total. The zero-order valence-electron chi connectivity index (χ0n) is 10.6. The van der Waals surface area contributed by atoms with Gasteiger partial charge in [-0.1, -0.05) is 18.2 Å². The number of H-pyrrole nitrogens is 1. The maximum Gasteiger partial charge on any atom is 0.267 e. The molecule has 2 heterocycles. The van der Waals surface area contributed by atoms with Crippen molar-refractivity contribution in [2.45, 2.75) is 25.8 Å². The summed E-state index contributed by atoms with van der Waals surface area (Å²) in [6, 6.07) is 8.61. The Balaban J connectivity index is 2.19. The standard InChI is InChI=1S/C14H14BrN3O/c1-9-6-7-10-4-2-3-5-11(10)18(9)13-12(15)14(19)17-8-16-13/h2-5,8-9H,6-7H2,1H3,(H,16,17,19). The number of benzene rings is 1. The third-order valence-electron chi connectivity index (χ3n) is 3.53. The van der Waals surface area contributed by atoms with Crippen LogP contribution in [0.4, 0.5) is 11.5 Å². The lowest BCUT2D eigenvalue weighted by Crippen LogP contribution is -2.35. The van der Waals surface area contributed by atoms with Gasteiger partial charge in [0.1, 0.15) is 4.47 Å². The van der Waals surface area contributed by atoms with Crippen LogP contribution in [0.3, 0.4) is 0 Å². The lowest BCUT2D eigenvalue weighted by Gasteiger charge is -2.36. The second-order valence-electron chi connectivity index (χ2n) is 4.76. The molecule has 19 heavy (non-hydrogen) atoms. The van der Waals surface area contributed by atoms with Crippen molar-refractivity contribution >= 4 is 27.4 Å². The highest BCUT2D eigenvalue weighted by Crippen LogP contribution is 2.37. The van der Waals surface area contributed by atoms with Crippen LogP contribution in [0.1, 0.15) is 18.9 Å². The first-order valence-corrected chi connectivity index (χ1v) is 7.08. The first-order chi connectivity index (χ1) is 9.18. The van der Waals surface area contributed by atoms with Crippen LogP contribution in [0.25, 0.3) is 0 Å². The number of hydrogen-bond donors (Lipinski definition) is 1. The molecule has 1 aliphatic heterocycles. The monoisotopic (exact) mass is 319 g/mol. The topological polar surface area (TPSA) is 49.0 Å². The summed E-state index contributed by atoms with van der Waals surface area (Å²) in [4.78, 5) is 20.8. The Hall–Kier alpha value is -1.62. The van der Waals surface area contributed by atoms with Crippen LogP contribution in [-0.2, 0) is 6.42 Å². The minimum absolute atomic E-state index is 0.153. The third-order valence-corrected chi connectivity index (χ3v) is 4.24. The van der Waals surface area contributed by atoms with Crippen molar-refractivity contribution in [3.8, 4) is 0 Å². The second-order valence-corrected chi connectivity index (χ2v) is 5.55. The Morgan fingerprint density at radius 3 is 3.05 bits per heavy atom. The first kappa shape index (κ1) is 12.4. The zero-order valence-corrected chi connectivity index (χ0v) is 12.1. The van der Waals surface area contributed by atoms with Crippen LogP contribution in [0.5, 0.6) is 0 Å². The van der Waals surface area contributed by atoms with E-state index in [0.29, 0.717) is 16.3 Å². The maximum absolute atomic E-state index is 11.7. The van der Waals surface area contributed by atoms with E-state index in [2.05, 4.69) is 49.9 Å². The van der Waals surface area contributed by atoms with Gasteiger partial charge in [0.15, 0.2) is 5.82 Å². The van der Waals surface area contributed by atoms with Crippen molar-refractivity contribution in [3.05, 3.63) is 51.0 Å². The van der Waals surface area contributed by atoms with Gasteiger partial charge in [-0.25, -0.2) is 4.98 Å². The molecule has 1 aliphatic rings. The molecule has 1 unspecified atom stereocenters. The van der Waals surface area contributed by atoms with Crippen molar-refractivity contribution in [2.24, 2.45) is 0 Å². The third kappa shape index (κ3) is 2.08. The van der Waals surface area contributed by atoms with Gasteiger partial charge in [0.25, 0.3) is 5.56 Å². The van der Waals surface area contributed by atoms with Gasteiger partial charge in [0.2, 0.25) is 0 Å². The molecule has 5 heteroatoms. The van der Waals surface area contributed by atoms with Crippen molar-refractivity contribution in [3.63, 3.8) is 0 Å². The van der Waals surface area contributed by atoms with E-state index >= 15 is 0 Å². The van der Waals surface area contributed by atoms with Crippen molar-refractivity contribution in [1.82, 2.24) is 9.97 Å². The number of anilines is 2. The van der Waals surface area contributed by atoms with Crippen LogP contribution >= 0.6 is 15.9 Å². The summed E-state index contributed by atoms with van der Waals surface area (Å²) in [6.07, 6.45) is 3.57. The van der Waals surface area contributed by atoms with Gasteiger partial charge in [-0.3, -0.25) is 4.79 Å². The molecule has 0 aliphatic carbocycles. The number of nitrogens with one attached hydrogen (secondary N) is 1. The van der Waals surface area contributed by atoms with E-state index in [-0.39, 0.29) is 5.56 Å². The molecule has 4 nitrogen and oxygen atoms in total. The highest BCUT2D eigenvalue weighted by Gasteiger charge is 2.27. The summed E-state index contributed by atoms with van der Waals surface area (Å²) in [5.41, 5.74) is 2.29. The highest BCUT2D eigenvalue weighted by molar-refractivity contribution is 9.10. The van der Waals surface area contributed by atoms with Gasteiger partial charge in [-0.15, -0.1) is 0 Å². The lowest BCUT2D eigenvalue weighted by molar-refractivity contribution is 0.611. The molecule has 98 valence electrons. The fourth-order valence-corrected chi connectivity index (χ4v) is 2.96. The quantitative estimate of drug-likeness (QED) is 0.879. The molecule has 1 atom stereocenters. The molecule has 1 aromatic carbocycles. The predicted octanol–water partition coefficient (Wildman–Crippen LogP) is 3.01. The summed E-state index contributed by atoms with van der Waals surface area (Å²) in [5, 5.41) is 0. The molecule has 0 saturated heterocycles. The Morgan fingerprint density at radius 1 is 1.42 bits per heavy atom. The average Bonchev–Trinajstić information content (AvgIpc) is 2.43. The lowest BCUT2D eigenvalue weighted by atomic mass is 9.97. The van der Waals surface area contributed by atoms with Gasteiger partial charge in [-0.05, 0) is 47.3 Å². The number of rotatable bonds is 1. The Bertz CT molecular complexity index is 668. The maximum atomic E-state index is 11.7. The summed E-state index contributed by atoms with van der Waals surface area (Å²) < 4.78 is 0.485. The molecular weight excluding hydrogens is 306 g/mol. The minimum atomic E-state index is -0.153. The number of aromatic amines is 1. The largest absolute Gasteiger partial charge is 0.322 e. The van der Waals surface area contributed by atoms with Crippen LogP contribution < -0.4 is 10.5 Å². The molecule has 0 fully saturated rings. The van der Waals surface area contributed by atoms with Crippen molar-refractivity contribution in [1.29, 1.82) is 0 Å². The Morgan fingerprint density at radius 2 is 2.21 bits per heavy atom. The summed E-state index contributed by atoms with van der Waals surface area (Å²) in [5.74, 6) is 0.684. The molecule has 3 rings (SSSR count). The minimum Gasteiger partial charge on any atom is -0.322 e. The van der Waals surface area contributed by atoms with E-state index in [1.165, 1.54) is 11.9 Å². The smallest absolute Gasteiger partial charge is 0.267 e. The summed E-state index contributed by atoms with van der Waals surface area (Å²) in [6.45, 7) is 2.16. The number of para-hydroxylation sites is 1. The van der Waals surface area contributed by atoms with E-state index in [1.54, 1.807) is 0 Å². The predicted molar refractivity (Wildman–Crippen MR) is 78.9 cm³/mol. The number of fused-ring (bicyclic) bond motifs is 1. The molecule has 2 aromatic rings. The summed E-state index contributed by atoms with van der Waals surface area (Å²) >= 11 is 3.35. The molecular formula is C14H14BrN3O. The van der Waals surface area contributed by atoms with E-state index < -0.39 is 0 Å². The second kappa shape index (κ2) is 4.81. The molecule has 0 bridgehead atoms. The number of halogens is 1. The highest BCUT2D eigenvalue weighted by atomic mass is 79.9. The molecule has 0 saturated carbocycles. The van der Waals surface area contributed by atoms with Gasteiger partial charge >= 0.3 is 0 Å².